The molecule has 0 bridgehead atoms. The summed E-state index contributed by atoms with van der Waals surface area (Å²) in [5.74, 6) is 0.362. The van der Waals surface area contributed by atoms with Crippen molar-refractivity contribution in [2.45, 2.75) is 53.4 Å². The van der Waals surface area contributed by atoms with Crippen LogP contribution in [0.25, 0.3) is 0 Å². The van der Waals surface area contributed by atoms with Crippen LogP contribution >= 0.6 is 0 Å². The summed E-state index contributed by atoms with van der Waals surface area (Å²) in [6.07, 6.45) is 3.63. The third kappa shape index (κ3) is 3.56. The quantitative estimate of drug-likeness (QED) is 0.770. The van der Waals surface area contributed by atoms with Crippen LogP contribution in [0.5, 0.6) is 0 Å². The van der Waals surface area contributed by atoms with Gasteiger partial charge in [-0.1, -0.05) is 49.2 Å². The minimum atomic E-state index is 0.147. The van der Waals surface area contributed by atoms with E-state index < -0.39 is 0 Å². The zero-order valence-corrected chi connectivity index (χ0v) is 12.5. The number of allylic oxidation sites excluding steroid dienone is 2. The van der Waals surface area contributed by atoms with Gasteiger partial charge in [0.25, 0.3) is 0 Å². The van der Waals surface area contributed by atoms with Crippen LogP contribution in [0.1, 0.15) is 51.2 Å². The molecular formula is C18H24O. The summed E-state index contributed by atoms with van der Waals surface area (Å²) in [4.78, 5) is 12.3. The Morgan fingerprint density at radius 1 is 1.11 bits per heavy atom. The zero-order valence-electron chi connectivity index (χ0n) is 12.5. The van der Waals surface area contributed by atoms with E-state index in [4.69, 9.17) is 0 Å². The number of Topliss-reactive ketones (excluding diaryl/α,β-unsaturated/α-hetero) is 1. The highest BCUT2D eigenvalue weighted by molar-refractivity contribution is 5.97. The molecule has 19 heavy (non-hydrogen) atoms. The van der Waals surface area contributed by atoms with E-state index in [-0.39, 0.29) is 5.41 Å². The molecule has 0 saturated carbocycles. The minimum absolute atomic E-state index is 0.147. The average Bonchev–Trinajstić information content (AvgIpc) is 2.26. The number of ketones is 1. The average molecular weight is 256 g/mol. The highest BCUT2D eigenvalue weighted by Crippen LogP contribution is 2.37. The normalized spacial score (nSPS) is 18.8. The molecule has 0 aliphatic heterocycles. The molecule has 0 fully saturated rings. The molecule has 0 N–H and O–H groups in total. The summed E-state index contributed by atoms with van der Waals surface area (Å²) < 4.78 is 0. The first-order chi connectivity index (χ1) is 8.87. The smallest absolute Gasteiger partial charge is 0.159 e. The fourth-order valence-electron chi connectivity index (χ4n) is 3.16. The van der Waals surface area contributed by atoms with Gasteiger partial charge in [-0.25, -0.2) is 0 Å². The van der Waals surface area contributed by atoms with E-state index in [1.54, 1.807) is 0 Å². The van der Waals surface area contributed by atoms with Crippen molar-refractivity contribution in [1.29, 1.82) is 0 Å². The number of hydrogen-bond donors (Lipinski definition) is 0. The lowest BCUT2D eigenvalue weighted by atomic mass is 9.73. The predicted octanol–water partition coefficient (Wildman–Crippen LogP) is 4.63. The third-order valence-corrected chi connectivity index (χ3v) is 3.98. The van der Waals surface area contributed by atoms with Gasteiger partial charge < -0.3 is 0 Å². The van der Waals surface area contributed by atoms with Gasteiger partial charge in [0.1, 0.15) is 0 Å². The maximum Gasteiger partial charge on any atom is 0.159 e. The highest BCUT2D eigenvalue weighted by Gasteiger charge is 2.30. The van der Waals surface area contributed by atoms with Gasteiger partial charge in [0.2, 0.25) is 0 Å². The maximum atomic E-state index is 12.3. The molecule has 0 atom stereocenters. The monoisotopic (exact) mass is 256 g/mol. The first-order valence-electron chi connectivity index (χ1n) is 7.15. The van der Waals surface area contributed by atoms with Crippen molar-refractivity contribution in [3.8, 4) is 0 Å². The molecule has 1 aromatic carbocycles. The van der Waals surface area contributed by atoms with E-state index in [0.717, 1.165) is 24.8 Å². The fraction of sp³-hybridized carbons (Fsp3) is 0.500. The van der Waals surface area contributed by atoms with Gasteiger partial charge in [0.15, 0.2) is 5.78 Å². The second-order valence-corrected chi connectivity index (χ2v) is 6.69. The van der Waals surface area contributed by atoms with Gasteiger partial charge in [-0.3, -0.25) is 4.79 Å². The Morgan fingerprint density at radius 2 is 1.84 bits per heavy atom. The second-order valence-electron chi connectivity index (χ2n) is 6.69. The van der Waals surface area contributed by atoms with E-state index in [1.807, 2.05) is 0 Å². The van der Waals surface area contributed by atoms with Crippen LogP contribution in [0.3, 0.4) is 0 Å². The summed E-state index contributed by atoms with van der Waals surface area (Å²) in [6, 6.07) is 8.58. The molecule has 0 amide bonds. The van der Waals surface area contributed by atoms with Crippen molar-refractivity contribution >= 4 is 5.78 Å². The summed E-state index contributed by atoms with van der Waals surface area (Å²) in [6.45, 7) is 8.62. The van der Waals surface area contributed by atoms with Gasteiger partial charge >= 0.3 is 0 Å². The van der Waals surface area contributed by atoms with Crippen LogP contribution in [0, 0.1) is 12.3 Å². The Labute approximate surface area is 116 Å². The third-order valence-electron chi connectivity index (χ3n) is 3.98. The SMILES string of the molecule is CC1=C(CCc2cccc(C)c2)C(=O)CC(C)(C)C1. The van der Waals surface area contributed by atoms with Gasteiger partial charge in [0.05, 0.1) is 0 Å². The van der Waals surface area contributed by atoms with Crippen LogP contribution in [0.4, 0.5) is 0 Å². The molecule has 0 aromatic heterocycles. The molecule has 102 valence electrons. The summed E-state index contributed by atoms with van der Waals surface area (Å²) in [7, 11) is 0. The molecule has 1 aromatic rings. The largest absolute Gasteiger partial charge is 0.295 e. The maximum absolute atomic E-state index is 12.3. The Balaban J connectivity index is 2.09. The van der Waals surface area contributed by atoms with E-state index in [2.05, 4.69) is 52.0 Å². The number of carbonyl (C=O) groups excluding carboxylic acids is 1. The highest BCUT2D eigenvalue weighted by atomic mass is 16.1. The molecule has 0 spiro atoms. The van der Waals surface area contributed by atoms with Crippen molar-refractivity contribution < 1.29 is 4.79 Å². The summed E-state index contributed by atoms with van der Waals surface area (Å²) >= 11 is 0. The standard InChI is InChI=1S/C18H24O/c1-13-6-5-7-15(10-13)8-9-16-14(2)11-18(3,4)12-17(16)19/h5-7,10H,8-9,11-12H2,1-4H3. The van der Waals surface area contributed by atoms with Gasteiger partial charge in [-0.05, 0) is 49.7 Å². The Hall–Kier alpha value is -1.37. The molecule has 0 radical (unpaired) electrons. The van der Waals surface area contributed by atoms with Crippen LogP contribution in [0.2, 0.25) is 0 Å². The lowest BCUT2D eigenvalue weighted by molar-refractivity contribution is -0.118. The first-order valence-corrected chi connectivity index (χ1v) is 7.15. The Bertz CT molecular complexity index is 520. The van der Waals surface area contributed by atoms with E-state index in [0.29, 0.717) is 12.2 Å². The van der Waals surface area contributed by atoms with Crippen molar-refractivity contribution in [2.75, 3.05) is 0 Å². The van der Waals surface area contributed by atoms with Crippen molar-refractivity contribution in [3.63, 3.8) is 0 Å². The molecule has 2 rings (SSSR count). The number of carbonyl (C=O) groups is 1. The Kier molecular flexibility index (Phi) is 3.93. The number of rotatable bonds is 3. The molecule has 0 saturated heterocycles. The zero-order chi connectivity index (χ0) is 14.0. The molecule has 1 heteroatoms. The second kappa shape index (κ2) is 5.32. The molecule has 1 aliphatic rings. The van der Waals surface area contributed by atoms with Crippen LogP contribution in [-0.2, 0) is 11.2 Å². The van der Waals surface area contributed by atoms with Crippen LogP contribution in [0.15, 0.2) is 35.4 Å². The van der Waals surface area contributed by atoms with Gasteiger partial charge in [-0.2, -0.15) is 0 Å². The van der Waals surface area contributed by atoms with Crippen LogP contribution in [-0.4, -0.2) is 5.78 Å². The molecule has 1 nitrogen and oxygen atoms in total. The molecular weight excluding hydrogens is 232 g/mol. The summed E-state index contributed by atoms with van der Waals surface area (Å²) in [5.41, 5.74) is 5.15. The van der Waals surface area contributed by atoms with Crippen LogP contribution < -0.4 is 0 Å². The van der Waals surface area contributed by atoms with E-state index in [1.165, 1.54) is 16.7 Å². The Morgan fingerprint density at radius 3 is 2.47 bits per heavy atom. The number of aryl methyl sites for hydroxylation is 2. The molecule has 0 heterocycles. The van der Waals surface area contributed by atoms with Crippen molar-refractivity contribution in [3.05, 3.63) is 46.5 Å². The molecule has 1 aliphatic carbocycles. The van der Waals surface area contributed by atoms with Crippen molar-refractivity contribution in [2.24, 2.45) is 5.41 Å². The number of benzene rings is 1. The topological polar surface area (TPSA) is 17.1 Å². The lowest BCUT2D eigenvalue weighted by Crippen LogP contribution is -2.25. The van der Waals surface area contributed by atoms with Gasteiger partial charge in [-0.15, -0.1) is 0 Å². The van der Waals surface area contributed by atoms with Crippen molar-refractivity contribution in [1.82, 2.24) is 0 Å². The number of hydrogen-bond acceptors (Lipinski definition) is 1. The fourth-order valence-corrected chi connectivity index (χ4v) is 3.16. The lowest BCUT2D eigenvalue weighted by Gasteiger charge is -2.31. The predicted molar refractivity (Wildman–Crippen MR) is 80.2 cm³/mol. The molecule has 0 unspecified atom stereocenters. The van der Waals surface area contributed by atoms with Gasteiger partial charge in [0, 0.05) is 6.42 Å². The van der Waals surface area contributed by atoms with E-state index in [9.17, 15) is 4.79 Å². The first kappa shape index (κ1) is 14.0. The minimum Gasteiger partial charge on any atom is -0.295 e. The summed E-state index contributed by atoms with van der Waals surface area (Å²) in [5, 5.41) is 0. The van der Waals surface area contributed by atoms with E-state index >= 15 is 0 Å².